The van der Waals surface area contributed by atoms with Gasteiger partial charge in [0.1, 0.15) is 5.75 Å². The van der Waals surface area contributed by atoms with Crippen LogP contribution < -0.4 is 10.2 Å². The van der Waals surface area contributed by atoms with Crippen LogP contribution in [-0.4, -0.2) is 18.2 Å². The maximum Gasteiger partial charge on any atom is 0.277 e. The quantitative estimate of drug-likeness (QED) is 0.639. The minimum atomic E-state index is -0.334. The van der Waals surface area contributed by atoms with Crippen molar-refractivity contribution in [1.29, 1.82) is 0 Å². The number of carbonyl (C=O) groups excluding carboxylic acids is 1. The van der Waals surface area contributed by atoms with Gasteiger partial charge in [0.25, 0.3) is 5.91 Å². The first-order chi connectivity index (χ1) is 9.38. The van der Waals surface area contributed by atoms with Crippen molar-refractivity contribution in [3.8, 4) is 5.75 Å². The molecule has 110 valence electrons. The first-order valence-corrected chi connectivity index (χ1v) is 7.04. The van der Waals surface area contributed by atoms with Gasteiger partial charge in [-0.2, -0.15) is 5.10 Å². The third-order valence-electron chi connectivity index (χ3n) is 2.33. The Balaban J connectivity index is 2.43. The second-order valence-corrected chi connectivity index (χ2v) is 5.69. The Kier molecular flexibility index (Phi) is 6.82. The van der Waals surface area contributed by atoms with E-state index >= 15 is 0 Å². The second kappa shape index (κ2) is 8.12. The summed E-state index contributed by atoms with van der Waals surface area (Å²) in [6.07, 6.45) is 0.837. The van der Waals surface area contributed by atoms with E-state index in [4.69, 9.17) is 27.9 Å². The Morgan fingerprint density at radius 2 is 2.10 bits per heavy atom. The molecule has 0 aromatic heterocycles. The third-order valence-corrected chi connectivity index (χ3v) is 2.86. The van der Waals surface area contributed by atoms with E-state index in [0.29, 0.717) is 21.7 Å². The number of amides is 1. The van der Waals surface area contributed by atoms with Crippen molar-refractivity contribution >= 4 is 34.8 Å². The van der Waals surface area contributed by atoms with Crippen LogP contribution in [0.25, 0.3) is 0 Å². The SMILES string of the molecule is CC(CC(C)C)=NNC(=O)COc1ccc(Cl)cc1Cl. The van der Waals surface area contributed by atoms with Crippen LogP contribution in [0.5, 0.6) is 5.75 Å². The first-order valence-electron chi connectivity index (χ1n) is 6.28. The van der Waals surface area contributed by atoms with Crippen molar-refractivity contribution in [1.82, 2.24) is 5.43 Å². The van der Waals surface area contributed by atoms with Gasteiger partial charge < -0.3 is 4.74 Å². The molecule has 1 N–H and O–H groups in total. The minimum absolute atomic E-state index is 0.153. The number of rotatable bonds is 6. The summed E-state index contributed by atoms with van der Waals surface area (Å²) in [7, 11) is 0. The van der Waals surface area contributed by atoms with Crippen LogP contribution in [0.2, 0.25) is 10.0 Å². The smallest absolute Gasteiger partial charge is 0.277 e. The van der Waals surface area contributed by atoms with E-state index in [9.17, 15) is 4.79 Å². The average molecular weight is 317 g/mol. The number of hydrogen-bond acceptors (Lipinski definition) is 3. The fraction of sp³-hybridized carbons (Fsp3) is 0.429. The molecule has 4 nitrogen and oxygen atoms in total. The van der Waals surface area contributed by atoms with Gasteiger partial charge in [-0.15, -0.1) is 0 Å². The van der Waals surface area contributed by atoms with Crippen LogP contribution in [0.15, 0.2) is 23.3 Å². The number of carbonyl (C=O) groups is 1. The number of nitrogens with zero attached hydrogens (tertiary/aromatic N) is 1. The molecule has 6 heteroatoms. The van der Waals surface area contributed by atoms with E-state index in [2.05, 4.69) is 24.4 Å². The van der Waals surface area contributed by atoms with Gasteiger partial charge in [0.15, 0.2) is 6.61 Å². The number of ether oxygens (including phenoxy) is 1. The Hall–Kier alpha value is -1.26. The summed E-state index contributed by atoms with van der Waals surface area (Å²) in [5.41, 5.74) is 3.32. The molecule has 0 aliphatic rings. The Morgan fingerprint density at radius 1 is 1.40 bits per heavy atom. The molecule has 0 spiro atoms. The highest BCUT2D eigenvalue weighted by Crippen LogP contribution is 2.27. The lowest BCUT2D eigenvalue weighted by Gasteiger charge is -2.08. The highest BCUT2D eigenvalue weighted by molar-refractivity contribution is 6.35. The zero-order valence-electron chi connectivity index (χ0n) is 11.7. The summed E-state index contributed by atoms with van der Waals surface area (Å²) >= 11 is 11.7. The molecule has 20 heavy (non-hydrogen) atoms. The zero-order chi connectivity index (χ0) is 15.1. The molecule has 0 saturated carbocycles. The summed E-state index contributed by atoms with van der Waals surface area (Å²) in [5, 5.41) is 4.88. The predicted octanol–water partition coefficient (Wildman–Crippen LogP) is 3.91. The second-order valence-electron chi connectivity index (χ2n) is 4.84. The maximum absolute atomic E-state index is 11.6. The molecule has 0 aliphatic heterocycles. The van der Waals surface area contributed by atoms with Crippen LogP contribution >= 0.6 is 23.2 Å². The number of nitrogens with one attached hydrogen (secondary N) is 1. The molecule has 0 unspecified atom stereocenters. The Bertz CT molecular complexity index is 502. The topological polar surface area (TPSA) is 50.7 Å². The van der Waals surface area contributed by atoms with Crippen molar-refractivity contribution in [2.75, 3.05) is 6.61 Å². The van der Waals surface area contributed by atoms with Crippen molar-refractivity contribution < 1.29 is 9.53 Å². The number of hydrogen-bond donors (Lipinski definition) is 1. The molecule has 0 heterocycles. The van der Waals surface area contributed by atoms with Crippen molar-refractivity contribution in [3.63, 3.8) is 0 Å². The van der Waals surface area contributed by atoms with Crippen molar-refractivity contribution in [3.05, 3.63) is 28.2 Å². The lowest BCUT2D eigenvalue weighted by atomic mass is 10.1. The normalized spacial score (nSPS) is 11.6. The van der Waals surface area contributed by atoms with E-state index in [1.807, 2.05) is 6.92 Å². The van der Waals surface area contributed by atoms with Gasteiger partial charge in [0.2, 0.25) is 0 Å². The molecule has 0 aliphatic carbocycles. The highest BCUT2D eigenvalue weighted by atomic mass is 35.5. The lowest BCUT2D eigenvalue weighted by molar-refractivity contribution is -0.123. The number of hydrazone groups is 1. The summed E-state index contributed by atoms with van der Waals surface area (Å²) in [6.45, 7) is 5.90. The average Bonchev–Trinajstić information content (AvgIpc) is 2.34. The maximum atomic E-state index is 11.6. The minimum Gasteiger partial charge on any atom is -0.482 e. The van der Waals surface area contributed by atoms with E-state index in [0.717, 1.165) is 12.1 Å². The molecule has 1 rings (SSSR count). The van der Waals surface area contributed by atoms with Crippen LogP contribution in [0.4, 0.5) is 0 Å². The molecule has 0 saturated heterocycles. The summed E-state index contributed by atoms with van der Waals surface area (Å²) in [4.78, 5) is 11.6. The number of benzene rings is 1. The Labute approximate surface area is 129 Å². The van der Waals surface area contributed by atoms with E-state index in [1.165, 1.54) is 0 Å². The molecular weight excluding hydrogens is 299 g/mol. The van der Waals surface area contributed by atoms with Gasteiger partial charge in [-0.05, 0) is 37.5 Å². The van der Waals surface area contributed by atoms with Crippen LogP contribution in [0.3, 0.4) is 0 Å². The Morgan fingerprint density at radius 3 is 2.70 bits per heavy atom. The molecule has 0 bridgehead atoms. The monoisotopic (exact) mass is 316 g/mol. The third kappa shape index (κ3) is 6.26. The van der Waals surface area contributed by atoms with Gasteiger partial charge in [0, 0.05) is 10.7 Å². The predicted molar refractivity (Wildman–Crippen MR) is 82.7 cm³/mol. The molecule has 1 aromatic rings. The fourth-order valence-corrected chi connectivity index (χ4v) is 2.03. The van der Waals surface area contributed by atoms with Gasteiger partial charge in [-0.25, -0.2) is 5.43 Å². The van der Waals surface area contributed by atoms with Gasteiger partial charge in [-0.1, -0.05) is 37.0 Å². The van der Waals surface area contributed by atoms with Gasteiger partial charge >= 0.3 is 0 Å². The molecule has 0 fully saturated rings. The number of halogens is 2. The van der Waals surface area contributed by atoms with E-state index < -0.39 is 0 Å². The van der Waals surface area contributed by atoms with E-state index in [1.54, 1.807) is 18.2 Å². The molecule has 1 amide bonds. The van der Waals surface area contributed by atoms with Crippen LogP contribution in [-0.2, 0) is 4.79 Å². The standard InChI is InChI=1S/C14H18Cl2N2O2/c1-9(2)6-10(3)17-18-14(19)8-20-13-5-4-11(15)7-12(13)16/h4-5,7,9H,6,8H2,1-3H3,(H,18,19). The van der Waals surface area contributed by atoms with Gasteiger partial charge in [-0.3, -0.25) is 4.79 Å². The zero-order valence-corrected chi connectivity index (χ0v) is 13.3. The van der Waals surface area contributed by atoms with Crippen LogP contribution in [0, 0.1) is 5.92 Å². The van der Waals surface area contributed by atoms with Crippen LogP contribution in [0.1, 0.15) is 27.2 Å². The highest BCUT2D eigenvalue weighted by Gasteiger charge is 2.06. The summed E-state index contributed by atoms with van der Waals surface area (Å²) < 4.78 is 5.30. The molecule has 0 radical (unpaired) electrons. The van der Waals surface area contributed by atoms with Gasteiger partial charge in [0.05, 0.1) is 5.02 Å². The largest absolute Gasteiger partial charge is 0.482 e. The van der Waals surface area contributed by atoms with E-state index in [-0.39, 0.29) is 12.5 Å². The summed E-state index contributed by atoms with van der Waals surface area (Å²) in [6, 6.07) is 4.82. The first kappa shape index (κ1) is 16.8. The molecular formula is C14H18Cl2N2O2. The van der Waals surface area contributed by atoms with Crippen molar-refractivity contribution in [2.24, 2.45) is 11.0 Å². The fourth-order valence-electron chi connectivity index (χ4n) is 1.56. The lowest BCUT2D eigenvalue weighted by Crippen LogP contribution is -2.25. The summed E-state index contributed by atoms with van der Waals surface area (Å²) in [5.74, 6) is 0.577. The molecule has 0 atom stereocenters. The molecule has 1 aromatic carbocycles. The van der Waals surface area contributed by atoms with Crippen molar-refractivity contribution in [2.45, 2.75) is 27.2 Å².